The highest BCUT2D eigenvalue weighted by Crippen LogP contribution is 2.39. The molecule has 1 saturated carbocycles. The lowest BCUT2D eigenvalue weighted by Gasteiger charge is -2.12. The largest absolute Gasteiger partial charge is 0.339 e. The van der Waals surface area contributed by atoms with Gasteiger partial charge in [0.05, 0.1) is 11.0 Å². The van der Waals surface area contributed by atoms with E-state index in [0.717, 1.165) is 30.3 Å². The molecule has 30 heavy (non-hydrogen) atoms. The SMILES string of the molecule is O=c1c2c(-c3noc(C4CC4)n3)ncn2c2ccccc2n1CCc1ccccc1. The molecule has 5 aromatic rings. The van der Waals surface area contributed by atoms with E-state index in [1.54, 1.807) is 6.33 Å². The minimum atomic E-state index is -0.102. The highest BCUT2D eigenvalue weighted by molar-refractivity contribution is 5.83. The van der Waals surface area contributed by atoms with Gasteiger partial charge in [-0.3, -0.25) is 9.20 Å². The summed E-state index contributed by atoms with van der Waals surface area (Å²) in [7, 11) is 0. The van der Waals surface area contributed by atoms with Crippen molar-refractivity contribution in [1.29, 1.82) is 0 Å². The van der Waals surface area contributed by atoms with Crippen LogP contribution in [0, 0.1) is 0 Å². The molecule has 1 fully saturated rings. The zero-order valence-electron chi connectivity index (χ0n) is 16.2. The van der Waals surface area contributed by atoms with Gasteiger partial charge < -0.3 is 9.09 Å². The molecule has 148 valence electrons. The molecule has 1 aliphatic carbocycles. The molecule has 0 radical (unpaired) electrons. The number of aromatic nitrogens is 5. The van der Waals surface area contributed by atoms with Crippen molar-refractivity contribution >= 4 is 16.6 Å². The van der Waals surface area contributed by atoms with E-state index in [2.05, 4.69) is 27.3 Å². The Bertz CT molecular complexity index is 1430. The van der Waals surface area contributed by atoms with Crippen LogP contribution in [-0.4, -0.2) is 24.1 Å². The van der Waals surface area contributed by atoms with Gasteiger partial charge in [0.15, 0.2) is 0 Å². The smallest absolute Gasteiger partial charge is 0.277 e. The van der Waals surface area contributed by atoms with Gasteiger partial charge in [0.25, 0.3) is 5.56 Å². The number of nitrogens with zero attached hydrogens (tertiary/aromatic N) is 5. The predicted octanol–water partition coefficient (Wildman–Crippen LogP) is 3.82. The van der Waals surface area contributed by atoms with Crippen molar-refractivity contribution in [2.45, 2.75) is 31.7 Å². The van der Waals surface area contributed by atoms with Crippen molar-refractivity contribution in [3.63, 3.8) is 0 Å². The number of para-hydroxylation sites is 2. The Morgan fingerprint density at radius 3 is 2.57 bits per heavy atom. The molecule has 0 bridgehead atoms. The molecule has 0 aliphatic heterocycles. The Morgan fingerprint density at radius 2 is 1.77 bits per heavy atom. The van der Waals surface area contributed by atoms with E-state index in [1.165, 1.54) is 5.56 Å². The number of hydrogen-bond donors (Lipinski definition) is 0. The van der Waals surface area contributed by atoms with Crippen LogP contribution in [0.3, 0.4) is 0 Å². The van der Waals surface area contributed by atoms with Gasteiger partial charge in [-0.1, -0.05) is 47.6 Å². The normalized spacial score (nSPS) is 14.0. The maximum Gasteiger partial charge on any atom is 0.277 e. The summed E-state index contributed by atoms with van der Waals surface area (Å²) in [5, 5.41) is 4.10. The quantitative estimate of drug-likeness (QED) is 0.451. The molecule has 0 spiro atoms. The fourth-order valence-electron chi connectivity index (χ4n) is 3.97. The number of aryl methyl sites for hydroxylation is 2. The lowest BCUT2D eigenvalue weighted by molar-refractivity contribution is 0.380. The van der Waals surface area contributed by atoms with Crippen LogP contribution in [0.15, 0.2) is 70.2 Å². The van der Waals surface area contributed by atoms with E-state index in [4.69, 9.17) is 4.52 Å². The molecule has 3 heterocycles. The number of fused-ring (bicyclic) bond motifs is 3. The summed E-state index contributed by atoms with van der Waals surface area (Å²) in [5.74, 6) is 1.36. The van der Waals surface area contributed by atoms with E-state index >= 15 is 0 Å². The third kappa shape index (κ3) is 2.74. The van der Waals surface area contributed by atoms with E-state index < -0.39 is 0 Å². The molecule has 1 aliphatic rings. The molecule has 0 atom stereocenters. The molecule has 7 nitrogen and oxygen atoms in total. The minimum Gasteiger partial charge on any atom is -0.339 e. The fraction of sp³-hybridized carbons (Fsp3) is 0.217. The molecular formula is C23H19N5O2. The maximum absolute atomic E-state index is 13.6. The number of benzene rings is 2. The summed E-state index contributed by atoms with van der Waals surface area (Å²) in [6.07, 6.45) is 4.58. The van der Waals surface area contributed by atoms with E-state index in [0.29, 0.717) is 35.4 Å². The van der Waals surface area contributed by atoms with Crippen LogP contribution in [0.1, 0.15) is 30.2 Å². The van der Waals surface area contributed by atoms with Gasteiger partial charge in [0, 0.05) is 12.5 Å². The second kappa shape index (κ2) is 6.66. The van der Waals surface area contributed by atoms with Crippen molar-refractivity contribution in [2.75, 3.05) is 0 Å². The Kier molecular flexibility index (Phi) is 3.80. The van der Waals surface area contributed by atoms with Gasteiger partial charge in [0.1, 0.15) is 17.5 Å². The zero-order chi connectivity index (χ0) is 20.1. The molecule has 0 amide bonds. The van der Waals surface area contributed by atoms with Crippen molar-refractivity contribution in [1.82, 2.24) is 24.1 Å². The fourth-order valence-corrected chi connectivity index (χ4v) is 3.97. The number of hydrogen-bond acceptors (Lipinski definition) is 5. The van der Waals surface area contributed by atoms with E-state index in [9.17, 15) is 4.79 Å². The first-order valence-corrected chi connectivity index (χ1v) is 10.2. The lowest BCUT2D eigenvalue weighted by Crippen LogP contribution is -2.24. The van der Waals surface area contributed by atoms with Crippen molar-refractivity contribution in [3.8, 4) is 11.5 Å². The Labute approximate surface area is 171 Å². The molecule has 3 aromatic heterocycles. The highest BCUT2D eigenvalue weighted by atomic mass is 16.5. The topological polar surface area (TPSA) is 78.2 Å². The second-order valence-corrected chi connectivity index (χ2v) is 7.72. The number of imidazole rings is 1. The predicted molar refractivity (Wildman–Crippen MR) is 112 cm³/mol. The van der Waals surface area contributed by atoms with Crippen molar-refractivity contribution in [2.24, 2.45) is 0 Å². The Balaban J connectivity index is 1.53. The summed E-state index contributed by atoms with van der Waals surface area (Å²) < 4.78 is 9.06. The summed E-state index contributed by atoms with van der Waals surface area (Å²) in [6, 6.07) is 18.1. The summed E-state index contributed by atoms with van der Waals surface area (Å²) in [6.45, 7) is 0.573. The molecule has 2 aromatic carbocycles. The summed E-state index contributed by atoms with van der Waals surface area (Å²) >= 11 is 0. The van der Waals surface area contributed by atoms with E-state index in [-0.39, 0.29) is 5.56 Å². The van der Waals surface area contributed by atoms with Crippen LogP contribution in [0.25, 0.3) is 28.1 Å². The van der Waals surface area contributed by atoms with Crippen molar-refractivity contribution in [3.05, 3.63) is 82.7 Å². The minimum absolute atomic E-state index is 0.102. The number of rotatable bonds is 5. The van der Waals surface area contributed by atoms with Crippen molar-refractivity contribution < 1.29 is 4.52 Å². The first kappa shape index (κ1) is 17.1. The van der Waals surface area contributed by atoms with Gasteiger partial charge in [-0.2, -0.15) is 4.98 Å². The molecule has 0 saturated heterocycles. The van der Waals surface area contributed by atoms with Gasteiger partial charge in [-0.25, -0.2) is 4.98 Å². The van der Waals surface area contributed by atoms with Crippen LogP contribution in [0.2, 0.25) is 0 Å². The Hall–Kier alpha value is -3.74. The van der Waals surface area contributed by atoms with Crippen LogP contribution in [0.4, 0.5) is 0 Å². The summed E-state index contributed by atoms with van der Waals surface area (Å²) in [5.41, 5.74) is 3.83. The zero-order valence-corrected chi connectivity index (χ0v) is 16.2. The molecule has 0 unspecified atom stereocenters. The molecule has 6 rings (SSSR count). The molecular weight excluding hydrogens is 378 g/mol. The molecule has 7 heteroatoms. The first-order chi connectivity index (χ1) is 14.8. The van der Waals surface area contributed by atoms with Gasteiger partial charge in [-0.05, 0) is 37.0 Å². The third-order valence-corrected chi connectivity index (χ3v) is 5.69. The van der Waals surface area contributed by atoms with Gasteiger partial charge in [-0.15, -0.1) is 0 Å². The van der Waals surface area contributed by atoms with E-state index in [1.807, 2.05) is 51.4 Å². The maximum atomic E-state index is 13.6. The third-order valence-electron chi connectivity index (χ3n) is 5.69. The summed E-state index contributed by atoms with van der Waals surface area (Å²) in [4.78, 5) is 22.6. The van der Waals surface area contributed by atoms with Crippen LogP contribution < -0.4 is 5.56 Å². The monoisotopic (exact) mass is 397 g/mol. The van der Waals surface area contributed by atoms with Crippen LogP contribution in [0.5, 0.6) is 0 Å². The van der Waals surface area contributed by atoms with Gasteiger partial charge >= 0.3 is 0 Å². The van der Waals surface area contributed by atoms with Crippen LogP contribution in [-0.2, 0) is 13.0 Å². The standard InChI is InChI=1S/C23H19N5O2/c29-23-20-19(21-25-22(30-26-21)16-10-11-16)24-14-28(20)18-9-5-4-8-17(18)27(23)13-12-15-6-2-1-3-7-15/h1-9,14,16H,10-13H2. The van der Waals surface area contributed by atoms with Gasteiger partial charge in [0.2, 0.25) is 11.7 Å². The molecule has 0 N–H and O–H groups in total. The average molecular weight is 397 g/mol. The first-order valence-electron chi connectivity index (χ1n) is 10.2. The average Bonchev–Trinajstić information content (AvgIpc) is 3.34. The Morgan fingerprint density at radius 1 is 1.00 bits per heavy atom. The lowest BCUT2D eigenvalue weighted by atomic mass is 10.1. The second-order valence-electron chi connectivity index (χ2n) is 7.72. The highest BCUT2D eigenvalue weighted by Gasteiger charge is 2.30. The van der Waals surface area contributed by atoms with Crippen LogP contribution >= 0.6 is 0 Å².